The van der Waals surface area contributed by atoms with Crippen molar-refractivity contribution in [2.45, 2.75) is 25.8 Å². The molecule has 3 N–H and O–H groups in total. The Morgan fingerprint density at radius 3 is 2.47 bits per heavy atom. The molecule has 1 rings (SSSR count). The maximum atomic E-state index is 13.3. The number of nitrogens with two attached hydrogens (primary N) is 1. The van der Waals surface area contributed by atoms with E-state index in [9.17, 15) is 13.2 Å². The molecular formula is C10H13F3N2. The lowest BCUT2D eigenvalue weighted by molar-refractivity contribution is 0.418. The van der Waals surface area contributed by atoms with Gasteiger partial charge in [-0.25, -0.2) is 13.2 Å². The molecule has 1 aromatic rings. The van der Waals surface area contributed by atoms with Crippen LogP contribution in [-0.2, 0) is 0 Å². The molecule has 0 aromatic heterocycles. The molecule has 0 radical (unpaired) electrons. The van der Waals surface area contributed by atoms with E-state index >= 15 is 0 Å². The number of nitrogens with one attached hydrogen (secondary N) is 1. The van der Waals surface area contributed by atoms with Crippen LogP contribution in [0.15, 0.2) is 12.1 Å². The number of hydrogen-bond donors (Lipinski definition) is 2. The third-order valence-corrected chi connectivity index (χ3v) is 2.22. The first-order valence-corrected chi connectivity index (χ1v) is 4.71. The summed E-state index contributed by atoms with van der Waals surface area (Å²) in [5.41, 5.74) is 2.43. The van der Waals surface area contributed by atoms with E-state index in [0.29, 0.717) is 6.42 Å². The van der Waals surface area contributed by atoms with Gasteiger partial charge in [0.05, 0.1) is 0 Å². The van der Waals surface area contributed by atoms with Crippen LogP contribution in [0.25, 0.3) is 0 Å². The highest BCUT2D eigenvalue weighted by Gasteiger charge is 2.19. The second-order valence-corrected chi connectivity index (χ2v) is 3.27. The molecule has 0 spiro atoms. The number of rotatable bonds is 4. The zero-order valence-corrected chi connectivity index (χ0v) is 8.36. The van der Waals surface area contributed by atoms with E-state index in [2.05, 4.69) is 5.43 Å². The third kappa shape index (κ3) is 2.49. The quantitative estimate of drug-likeness (QED) is 0.462. The molecule has 2 nitrogen and oxygen atoms in total. The fourth-order valence-electron chi connectivity index (χ4n) is 1.43. The van der Waals surface area contributed by atoms with Gasteiger partial charge in [0.25, 0.3) is 0 Å². The van der Waals surface area contributed by atoms with Crippen molar-refractivity contribution in [3.63, 3.8) is 0 Å². The van der Waals surface area contributed by atoms with Crippen molar-refractivity contribution >= 4 is 0 Å². The molecular weight excluding hydrogens is 205 g/mol. The number of halogens is 3. The van der Waals surface area contributed by atoms with Gasteiger partial charge in [-0.3, -0.25) is 11.3 Å². The average Bonchev–Trinajstić information content (AvgIpc) is 2.24. The maximum absolute atomic E-state index is 13.3. The molecule has 1 unspecified atom stereocenters. The van der Waals surface area contributed by atoms with Crippen molar-refractivity contribution in [2.75, 3.05) is 0 Å². The summed E-state index contributed by atoms with van der Waals surface area (Å²) in [6, 6.07) is 1.60. The molecule has 1 aromatic carbocycles. The molecule has 1 atom stereocenters. The van der Waals surface area contributed by atoms with E-state index in [4.69, 9.17) is 5.84 Å². The van der Waals surface area contributed by atoms with Gasteiger partial charge in [0, 0.05) is 11.6 Å². The summed E-state index contributed by atoms with van der Waals surface area (Å²) < 4.78 is 38.9. The first-order chi connectivity index (χ1) is 7.11. The van der Waals surface area contributed by atoms with Crippen molar-refractivity contribution in [2.24, 2.45) is 5.84 Å². The summed E-state index contributed by atoms with van der Waals surface area (Å²) in [5, 5.41) is 0. The van der Waals surface area contributed by atoms with Crippen LogP contribution < -0.4 is 11.3 Å². The van der Waals surface area contributed by atoms with Crippen LogP contribution in [0, 0.1) is 17.5 Å². The number of hydrazine groups is 1. The highest BCUT2D eigenvalue weighted by molar-refractivity contribution is 5.23. The van der Waals surface area contributed by atoms with E-state index in [1.54, 1.807) is 0 Å². The molecule has 0 bridgehead atoms. The predicted molar refractivity (Wildman–Crippen MR) is 51.3 cm³/mol. The highest BCUT2D eigenvalue weighted by Crippen LogP contribution is 2.23. The van der Waals surface area contributed by atoms with Gasteiger partial charge in [-0.15, -0.1) is 0 Å². The normalized spacial score (nSPS) is 12.9. The molecule has 0 saturated carbocycles. The molecule has 15 heavy (non-hydrogen) atoms. The van der Waals surface area contributed by atoms with Crippen LogP contribution in [0.5, 0.6) is 0 Å². The Morgan fingerprint density at radius 1 is 1.27 bits per heavy atom. The SMILES string of the molecule is CCCC(NN)c1ccc(F)c(F)c1F. The Labute approximate surface area is 86.2 Å². The lowest BCUT2D eigenvalue weighted by Gasteiger charge is -2.16. The smallest absolute Gasteiger partial charge is 0.194 e. The van der Waals surface area contributed by atoms with Crippen molar-refractivity contribution in [3.8, 4) is 0 Å². The van der Waals surface area contributed by atoms with Crippen molar-refractivity contribution in [1.29, 1.82) is 0 Å². The van der Waals surface area contributed by atoms with E-state index < -0.39 is 23.5 Å². The Kier molecular flexibility index (Phi) is 4.11. The first-order valence-electron chi connectivity index (χ1n) is 4.71. The summed E-state index contributed by atoms with van der Waals surface area (Å²) in [6.07, 6.45) is 1.31. The second-order valence-electron chi connectivity index (χ2n) is 3.27. The molecule has 0 fully saturated rings. The number of hydrogen-bond acceptors (Lipinski definition) is 2. The van der Waals surface area contributed by atoms with Gasteiger partial charge in [-0.05, 0) is 12.5 Å². The van der Waals surface area contributed by atoms with Gasteiger partial charge in [0.1, 0.15) is 0 Å². The standard InChI is InChI=1S/C10H13F3N2/c1-2-3-8(15-14)6-4-5-7(11)10(13)9(6)12/h4-5,8,15H,2-3,14H2,1H3. The van der Waals surface area contributed by atoms with Gasteiger partial charge in [-0.1, -0.05) is 19.4 Å². The van der Waals surface area contributed by atoms with Crippen LogP contribution in [0.4, 0.5) is 13.2 Å². The topological polar surface area (TPSA) is 38.0 Å². The lowest BCUT2D eigenvalue weighted by Crippen LogP contribution is -2.28. The van der Waals surface area contributed by atoms with Crippen LogP contribution in [0.2, 0.25) is 0 Å². The lowest BCUT2D eigenvalue weighted by atomic mass is 10.0. The molecule has 0 aliphatic heterocycles. The fraction of sp³-hybridized carbons (Fsp3) is 0.400. The molecule has 0 aliphatic rings. The maximum Gasteiger partial charge on any atom is 0.194 e. The second kappa shape index (κ2) is 5.14. The molecule has 0 heterocycles. The Hall–Kier alpha value is -1.07. The average molecular weight is 218 g/mol. The monoisotopic (exact) mass is 218 g/mol. The zero-order chi connectivity index (χ0) is 11.4. The minimum Gasteiger partial charge on any atom is -0.271 e. The summed E-state index contributed by atoms with van der Waals surface area (Å²) in [5.74, 6) is 1.39. The Bertz CT molecular complexity index is 342. The summed E-state index contributed by atoms with van der Waals surface area (Å²) in [7, 11) is 0. The Balaban J connectivity index is 3.07. The van der Waals surface area contributed by atoms with Crippen LogP contribution in [0.3, 0.4) is 0 Å². The summed E-state index contributed by atoms with van der Waals surface area (Å²) in [6.45, 7) is 1.89. The van der Waals surface area contributed by atoms with Gasteiger partial charge < -0.3 is 0 Å². The van der Waals surface area contributed by atoms with Crippen LogP contribution >= 0.6 is 0 Å². The Morgan fingerprint density at radius 2 is 1.93 bits per heavy atom. The van der Waals surface area contributed by atoms with E-state index in [0.717, 1.165) is 12.5 Å². The van der Waals surface area contributed by atoms with Crippen molar-refractivity contribution in [1.82, 2.24) is 5.43 Å². The fourth-order valence-corrected chi connectivity index (χ4v) is 1.43. The van der Waals surface area contributed by atoms with E-state index in [1.807, 2.05) is 6.92 Å². The van der Waals surface area contributed by atoms with Crippen LogP contribution in [-0.4, -0.2) is 0 Å². The number of benzene rings is 1. The van der Waals surface area contributed by atoms with Crippen molar-refractivity contribution in [3.05, 3.63) is 35.1 Å². The zero-order valence-electron chi connectivity index (χ0n) is 8.36. The summed E-state index contributed by atoms with van der Waals surface area (Å²) in [4.78, 5) is 0. The van der Waals surface area contributed by atoms with Crippen molar-refractivity contribution < 1.29 is 13.2 Å². The molecule has 84 valence electrons. The van der Waals surface area contributed by atoms with Gasteiger partial charge in [0.2, 0.25) is 0 Å². The minimum absolute atomic E-state index is 0.0539. The minimum atomic E-state index is -1.45. The third-order valence-electron chi connectivity index (χ3n) is 2.22. The largest absolute Gasteiger partial charge is 0.271 e. The molecule has 0 amide bonds. The first kappa shape index (κ1) is 12.0. The predicted octanol–water partition coefficient (Wildman–Crippen LogP) is 2.41. The molecule has 0 aliphatic carbocycles. The van der Waals surface area contributed by atoms with Gasteiger partial charge in [0.15, 0.2) is 17.5 Å². The van der Waals surface area contributed by atoms with Crippen LogP contribution in [0.1, 0.15) is 31.4 Å². The van der Waals surface area contributed by atoms with Gasteiger partial charge >= 0.3 is 0 Å². The van der Waals surface area contributed by atoms with Gasteiger partial charge in [-0.2, -0.15) is 0 Å². The van der Waals surface area contributed by atoms with E-state index in [1.165, 1.54) is 6.07 Å². The molecule has 0 saturated heterocycles. The highest BCUT2D eigenvalue weighted by atomic mass is 19.2. The van der Waals surface area contributed by atoms with E-state index in [-0.39, 0.29) is 5.56 Å². The molecule has 5 heteroatoms. The summed E-state index contributed by atoms with van der Waals surface area (Å²) >= 11 is 0.